The molecular formula is C17H27NO2. The molecule has 1 heterocycles. The van der Waals surface area contributed by atoms with Crippen molar-refractivity contribution in [1.82, 2.24) is 5.32 Å². The van der Waals surface area contributed by atoms with Crippen LogP contribution in [0.4, 0.5) is 0 Å². The van der Waals surface area contributed by atoms with E-state index >= 15 is 0 Å². The molecule has 3 nitrogen and oxygen atoms in total. The first-order chi connectivity index (χ1) is 9.72. The van der Waals surface area contributed by atoms with E-state index in [4.69, 9.17) is 9.47 Å². The number of methoxy groups -OCH3 is 1. The summed E-state index contributed by atoms with van der Waals surface area (Å²) in [6.45, 7) is 5.32. The first-order valence-electron chi connectivity index (χ1n) is 7.74. The lowest BCUT2D eigenvalue weighted by atomic mass is 9.98. The molecule has 1 aliphatic rings. The van der Waals surface area contributed by atoms with Crippen LogP contribution in [0.5, 0.6) is 5.75 Å². The highest BCUT2D eigenvalue weighted by atomic mass is 16.5. The van der Waals surface area contributed by atoms with Gasteiger partial charge < -0.3 is 14.8 Å². The van der Waals surface area contributed by atoms with Crippen molar-refractivity contribution in [2.75, 3.05) is 13.7 Å². The van der Waals surface area contributed by atoms with Crippen LogP contribution in [0.2, 0.25) is 0 Å². The summed E-state index contributed by atoms with van der Waals surface area (Å²) in [6, 6.07) is 9.21. The minimum atomic E-state index is 0.343. The fraction of sp³-hybridized carbons (Fsp3) is 0.647. The molecule has 1 aromatic carbocycles. The fourth-order valence-electron chi connectivity index (χ4n) is 2.92. The number of benzene rings is 1. The van der Waals surface area contributed by atoms with Crippen molar-refractivity contribution < 1.29 is 9.47 Å². The van der Waals surface area contributed by atoms with Gasteiger partial charge in [0, 0.05) is 18.7 Å². The molecule has 1 fully saturated rings. The van der Waals surface area contributed by atoms with E-state index in [0.717, 1.165) is 25.2 Å². The summed E-state index contributed by atoms with van der Waals surface area (Å²) in [5.74, 6) is 0.923. The van der Waals surface area contributed by atoms with Gasteiger partial charge in [-0.3, -0.25) is 0 Å². The Kier molecular flexibility index (Phi) is 5.86. The van der Waals surface area contributed by atoms with Crippen molar-refractivity contribution in [3.8, 4) is 5.75 Å². The molecular weight excluding hydrogens is 250 g/mol. The van der Waals surface area contributed by atoms with Gasteiger partial charge in [0.15, 0.2) is 0 Å². The zero-order chi connectivity index (χ0) is 14.4. The number of nitrogens with one attached hydrogen (secondary N) is 1. The Labute approximate surface area is 122 Å². The van der Waals surface area contributed by atoms with Gasteiger partial charge >= 0.3 is 0 Å². The minimum Gasteiger partial charge on any atom is -0.497 e. The van der Waals surface area contributed by atoms with Crippen LogP contribution in [-0.2, 0) is 4.74 Å². The maximum Gasteiger partial charge on any atom is 0.119 e. The Bertz CT molecular complexity index is 406. The number of hydrogen-bond donors (Lipinski definition) is 1. The minimum absolute atomic E-state index is 0.343. The van der Waals surface area contributed by atoms with E-state index in [-0.39, 0.29) is 0 Å². The molecule has 3 atom stereocenters. The molecule has 0 spiro atoms. The SMILES string of the molecule is CCCC1CC(N[C@@H](C)c2cccc(OC)c2)CCO1. The van der Waals surface area contributed by atoms with E-state index in [9.17, 15) is 0 Å². The molecule has 1 aromatic rings. The first-order valence-corrected chi connectivity index (χ1v) is 7.74. The molecule has 0 aromatic heterocycles. The number of rotatable bonds is 6. The molecule has 3 heteroatoms. The molecule has 0 saturated carbocycles. The number of ether oxygens (including phenoxy) is 2. The van der Waals surface area contributed by atoms with Gasteiger partial charge in [0.25, 0.3) is 0 Å². The average molecular weight is 277 g/mol. The maximum absolute atomic E-state index is 5.81. The van der Waals surface area contributed by atoms with Crippen molar-refractivity contribution in [2.45, 2.75) is 57.7 Å². The molecule has 20 heavy (non-hydrogen) atoms. The first kappa shape index (κ1) is 15.3. The molecule has 0 radical (unpaired) electrons. The van der Waals surface area contributed by atoms with Crippen molar-refractivity contribution >= 4 is 0 Å². The normalized spacial score (nSPS) is 24.4. The molecule has 0 amide bonds. The fourth-order valence-corrected chi connectivity index (χ4v) is 2.92. The summed E-state index contributed by atoms with van der Waals surface area (Å²) >= 11 is 0. The molecule has 2 unspecified atom stereocenters. The van der Waals surface area contributed by atoms with Crippen molar-refractivity contribution in [3.05, 3.63) is 29.8 Å². The van der Waals surface area contributed by atoms with Crippen LogP contribution in [0.1, 0.15) is 51.1 Å². The second kappa shape index (κ2) is 7.65. The van der Waals surface area contributed by atoms with E-state index in [1.807, 2.05) is 6.07 Å². The van der Waals surface area contributed by atoms with Crippen LogP contribution in [0.3, 0.4) is 0 Å². The lowest BCUT2D eigenvalue weighted by Gasteiger charge is -2.32. The molecule has 2 rings (SSSR count). The molecule has 112 valence electrons. The van der Waals surface area contributed by atoms with Crippen LogP contribution in [0.25, 0.3) is 0 Å². The zero-order valence-electron chi connectivity index (χ0n) is 12.9. The second-order valence-corrected chi connectivity index (χ2v) is 5.67. The highest BCUT2D eigenvalue weighted by Crippen LogP contribution is 2.23. The monoisotopic (exact) mass is 277 g/mol. The van der Waals surface area contributed by atoms with E-state index in [1.54, 1.807) is 7.11 Å². The molecule has 0 bridgehead atoms. The van der Waals surface area contributed by atoms with Crippen molar-refractivity contribution in [3.63, 3.8) is 0 Å². The van der Waals surface area contributed by atoms with Gasteiger partial charge in [-0.05, 0) is 43.9 Å². The highest BCUT2D eigenvalue weighted by molar-refractivity contribution is 5.30. The highest BCUT2D eigenvalue weighted by Gasteiger charge is 2.23. The van der Waals surface area contributed by atoms with Crippen LogP contribution in [0, 0.1) is 0 Å². The van der Waals surface area contributed by atoms with Gasteiger partial charge in [-0.15, -0.1) is 0 Å². The Morgan fingerprint density at radius 1 is 1.45 bits per heavy atom. The van der Waals surface area contributed by atoms with Gasteiger partial charge in [0.2, 0.25) is 0 Å². The summed E-state index contributed by atoms with van der Waals surface area (Å²) in [5, 5.41) is 3.74. The zero-order valence-corrected chi connectivity index (χ0v) is 12.9. The summed E-state index contributed by atoms with van der Waals surface area (Å²) < 4.78 is 11.1. The smallest absolute Gasteiger partial charge is 0.119 e. The van der Waals surface area contributed by atoms with Crippen LogP contribution >= 0.6 is 0 Å². The molecule has 1 aliphatic heterocycles. The lowest BCUT2D eigenvalue weighted by Crippen LogP contribution is -2.40. The quantitative estimate of drug-likeness (QED) is 0.860. The van der Waals surface area contributed by atoms with E-state index in [2.05, 4.69) is 37.4 Å². The van der Waals surface area contributed by atoms with Gasteiger partial charge in [-0.25, -0.2) is 0 Å². The van der Waals surface area contributed by atoms with Crippen molar-refractivity contribution in [2.24, 2.45) is 0 Å². The summed E-state index contributed by atoms with van der Waals surface area (Å²) in [6.07, 6.45) is 5.04. The third-order valence-electron chi connectivity index (χ3n) is 4.06. The topological polar surface area (TPSA) is 30.5 Å². The van der Waals surface area contributed by atoms with E-state index in [1.165, 1.54) is 18.4 Å². The summed E-state index contributed by atoms with van der Waals surface area (Å²) in [4.78, 5) is 0. The third kappa shape index (κ3) is 4.22. The van der Waals surface area contributed by atoms with Gasteiger partial charge in [-0.2, -0.15) is 0 Å². The maximum atomic E-state index is 5.81. The number of hydrogen-bond acceptors (Lipinski definition) is 3. The Morgan fingerprint density at radius 3 is 3.05 bits per heavy atom. The lowest BCUT2D eigenvalue weighted by molar-refractivity contribution is -0.00473. The third-order valence-corrected chi connectivity index (χ3v) is 4.06. The van der Waals surface area contributed by atoms with Gasteiger partial charge in [-0.1, -0.05) is 25.5 Å². The predicted molar refractivity (Wildman–Crippen MR) is 82.2 cm³/mol. The van der Waals surface area contributed by atoms with Crippen LogP contribution in [0.15, 0.2) is 24.3 Å². The van der Waals surface area contributed by atoms with Crippen LogP contribution < -0.4 is 10.1 Å². The predicted octanol–water partition coefficient (Wildman–Crippen LogP) is 3.69. The van der Waals surface area contributed by atoms with Crippen LogP contribution in [-0.4, -0.2) is 25.9 Å². The van der Waals surface area contributed by atoms with Crippen molar-refractivity contribution in [1.29, 1.82) is 0 Å². The van der Waals surface area contributed by atoms with Gasteiger partial charge in [0.05, 0.1) is 13.2 Å². The Hall–Kier alpha value is -1.06. The summed E-state index contributed by atoms with van der Waals surface area (Å²) in [7, 11) is 1.71. The molecule has 0 aliphatic carbocycles. The standard InChI is InChI=1S/C17H27NO2/c1-4-6-17-12-15(9-10-20-17)18-13(2)14-7-5-8-16(11-14)19-3/h5,7-8,11,13,15,17-18H,4,6,9-10,12H2,1-3H3/t13-,15?,17?/m0/s1. The second-order valence-electron chi connectivity index (χ2n) is 5.67. The molecule has 1 saturated heterocycles. The molecule has 1 N–H and O–H groups in total. The Morgan fingerprint density at radius 2 is 2.30 bits per heavy atom. The average Bonchev–Trinajstić information content (AvgIpc) is 2.48. The largest absolute Gasteiger partial charge is 0.497 e. The van der Waals surface area contributed by atoms with Gasteiger partial charge in [0.1, 0.15) is 5.75 Å². The van der Waals surface area contributed by atoms with E-state index < -0.39 is 0 Å². The summed E-state index contributed by atoms with van der Waals surface area (Å²) in [5.41, 5.74) is 1.28. The van der Waals surface area contributed by atoms with E-state index in [0.29, 0.717) is 18.2 Å². The Balaban J connectivity index is 1.91.